The number of nitrogens with zero attached hydrogens (tertiary/aromatic N) is 4. The number of fused-ring (bicyclic) bond motifs is 1. The van der Waals surface area contributed by atoms with E-state index in [2.05, 4.69) is 15.1 Å². The van der Waals surface area contributed by atoms with Gasteiger partial charge in [-0.05, 0) is 31.5 Å². The Morgan fingerprint density at radius 3 is 2.48 bits per heavy atom. The number of benzene rings is 1. The number of aromatic amines is 1. The Labute approximate surface area is 139 Å². The molecule has 0 spiro atoms. The average molecular weight is 347 g/mol. The van der Waals surface area contributed by atoms with E-state index >= 15 is 0 Å². The molecule has 0 aliphatic heterocycles. The molecule has 0 aliphatic carbocycles. The van der Waals surface area contributed by atoms with Gasteiger partial charge in [0.05, 0.1) is 11.6 Å². The molecular formula is C16H12F3N5O. The van der Waals surface area contributed by atoms with E-state index in [9.17, 15) is 23.2 Å². The molecule has 128 valence electrons. The van der Waals surface area contributed by atoms with E-state index in [1.54, 1.807) is 13.8 Å². The molecule has 0 bridgehead atoms. The Morgan fingerprint density at radius 2 is 1.92 bits per heavy atom. The summed E-state index contributed by atoms with van der Waals surface area (Å²) in [7, 11) is 0. The number of hydrogen-bond donors (Lipinski definition) is 1. The lowest BCUT2D eigenvalue weighted by atomic mass is 10.1. The van der Waals surface area contributed by atoms with Crippen LogP contribution >= 0.6 is 0 Å². The summed E-state index contributed by atoms with van der Waals surface area (Å²) in [5.74, 6) is 0.350. The van der Waals surface area contributed by atoms with Gasteiger partial charge in [0, 0.05) is 0 Å². The second kappa shape index (κ2) is 5.73. The van der Waals surface area contributed by atoms with Crippen LogP contribution in [0.2, 0.25) is 0 Å². The highest BCUT2D eigenvalue weighted by molar-refractivity contribution is 5.80. The molecule has 1 aromatic carbocycles. The topological polar surface area (TPSA) is 87.4 Å². The number of aromatic nitrogens is 4. The Balaban J connectivity index is 2.13. The minimum atomic E-state index is -4.42. The molecule has 6 nitrogen and oxygen atoms in total. The van der Waals surface area contributed by atoms with Crippen molar-refractivity contribution in [3.05, 3.63) is 57.3 Å². The van der Waals surface area contributed by atoms with E-state index in [4.69, 9.17) is 0 Å². The number of aryl methyl sites for hydroxylation is 1. The fourth-order valence-corrected chi connectivity index (χ4v) is 2.60. The van der Waals surface area contributed by atoms with Crippen LogP contribution in [0.1, 0.15) is 35.6 Å². The first kappa shape index (κ1) is 16.7. The zero-order valence-corrected chi connectivity index (χ0v) is 13.2. The van der Waals surface area contributed by atoms with Crippen molar-refractivity contribution in [3.8, 4) is 6.07 Å². The lowest BCUT2D eigenvalue weighted by Crippen LogP contribution is -2.13. The van der Waals surface area contributed by atoms with E-state index < -0.39 is 23.3 Å². The summed E-state index contributed by atoms with van der Waals surface area (Å²) in [6, 6.07) is 5.97. The highest BCUT2D eigenvalue weighted by Crippen LogP contribution is 2.31. The van der Waals surface area contributed by atoms with Crippen LogP contribution < -0.4 is 5.56 Å². The van der Waals surface area contributed by atoms with Crippen LogP contribution in [0.3, 0.4) is 0 Å². The predicted molar refractivity (Wildman–Crippen MR) is 82.9 cm³/mol. The van der Waals surface area contributed by atoms with Crippen molar-refractivity contribution in [2.75, 3.05) is 0 Å². The first-order chi connectivity index (χ1) is 11.7. The van der Waals surface area contributed by atoms with Crippen molar-refractivity contribution < 1.29 is 13.2 Å². The van der Waals surface area contributed by atoms with Gasteiger partial charge in [-0.15, -0.1) is 0 Å². The Hall–Kier alpha value is -3.15. The zero-order valence-electron chi connectivity index (χ0n) is 13.2. The number of nitriles is 1. The third-order valence-corrected chi connectivity index (χ3v) is 3.87. The lowest BCUT2D eigenvalue weighted by Gasteiger charge is -2.14. The lowest BCUT2D eigenvalue weighted by molar-refractivity contribution is -0.137. The highest BCUT2D eigenvalue weighted by atomic mass is 19.4. The summed E-state index contributed by atoms with van der Waals surface area (Å²) in [4.78, 5) is 18.8. The average Bonchev–Trinajstić information content (AvgIpc) is 2.92. The van der Waals surface area contributed by atoms with Gasteiger partial charge in [-0.2, -0.15) is 23.5 Å². The van der Waals surface area contributed by atoms with Crippen molar-refractivity contribution >= 4 is 11.0 Å². The number of alkyl halides is 3. The molecule has 25 heavy (non-hydrogen) atoms. The molecule has 3 aromatic rings. The van der Waals surface area contributed by atoms with Crippen LogP contribution in [0.4, 0.5) is 13.2 Å². The zero-order chi connectivity index (χ0) is 18.4. The molecule has 3 rings (SSSR count). The number of H-pyrrole nitrogens is 1. The molecule has 0 unspecified atom stereocenters. The SMILES string of the molecule is Cc1nc2c(c(C#N)nn2[C@@H](C)c2ccc(C(F)(F)F)cc2)c(=O)[nH]1. The summed E-state index contributed by atoms with van der Waals surface area (Å²) < 4.78 is 39.4. The van der Waals surface area contributed by atoms with E-state index in [0.717, 1.165) is 12.1 Å². The van der Waals surface area contributed by atoms with Gasteiger partial charge >= 0.3 is 6.18 Å². The van der Waals surface area contributed by atoms with Crippen LogP contribution in [0.15, 0.2) is 29.1 Å². The first-order valence-electron chi connectivity index (χ1n) is 7.28. The van der Waals surface area contributed by atoms with Crippen LogP contribution in [0, 0.1) is 18.3 Å². The molecule has 0 saturated heterocycles. The quantitative estimate of drug-likeness (QED) is 0.772. The van der Waals surface area contributed by atoms with Crippen molar-refractivity contribution in [2.45, 2.75) is 26.1 Å². The van der Waals surface area contributed by atoms with Crippen LogP contribution in [-0.4, -0.2) is 19.7 Å². The molecule has 1 atom stereocenters. The second-order valence-electron chi connectivity index (χ2n) is 5.55. The molecule has 0 radical (unpaired) electrons. The standard InChI is InChI=1S/C16H12F3N5O/c1-8(10-3-5-11(6-4-10)16(17,18)19)24-14-13(12(7-20)23-24)15(25)22-9(2)21-14/h3-6,8H,1-2H3,(H,21,22,25)/t8-/m0/s1. The monoisotopic (exact) mass is 347 g/mol. The van der Waals surface area contributed by atoms with Gasteiger partial charge in [0.2, 0.25) is 0 Å². The Bertz CT molecular complexity index is 1040. The fraction of sp³-hybridized carbons (Fsp3) is 0.250. The van der Waals surface area contributed by atoms with Crippen molar-refractivity contribution in [2.24, 2.45) is 0 Å². The first-order valence-corrected chi connectivity index (χ1v) is 7.28. The predicted octanol–water partition coefficient (Wildman–Crippen LogP) is 2.93. The number of rotatable bonds is 2. The van der Waals surface area contributed by atoms with Crippen molar-refractivity contribution in [3.63, 3.8) is 0 Å². The smallest absolute Gasteiger partial charge is 0.310 e. The van der Waals surface area contributed by atoms with Crippen LogP contribution in [0.5, 0.6) is 0 Å². The van der Waals surface area contributed by atoms with E-state index in [1.165, 1.54) is 16.8 Å². The highest BCUT2D eigenvalue weighted by Gasteiger charge is 2.30. The van der Waals surface area contributed by atoms with Gasteiger partial charge in [-0.25, -0.2) is 9.67 Å². The second-order valence-corrected chi connectivity index (χ2v) is 5.55. The minimum Gasteiger partial charge on any atom is -0.310 e. The summed E-state index contributed by atoms with van der Waals surface area (Å²) >= 11 is 0. The van der Waals surface area contributed by atoms with E-state index in [1.807, 2.05) is 6.07 Å². The largest absolute Gasteiger partial charge is 0.416 e. The maximum atomic E-state index is 12.7. The van der Waals surface area contributed by atoms with Gasteiger partial charge in [-0.1, -0.05) is 12.1 Å². The molecule has 0 fully saturated rings. The minimum absolute atomic E-state index is 0.0619. The van der Waals surface area contributed by atoms with E-state index in [-0.39, 0.29) is 16.7 Å². The summed E-state index contributed by atoms with van der Waals surface area (Å²) in [5.41, 5.74) is -0.559. The molecule has 2 heterocycles. The van der Waals surface area contributed by atoms with Gasteiger partial charge in [0.1, 0.15) is 17.3 Å². The Morgan fingerprint density at radius 1 is 1.28 bits per heavy atom. The Kier molecular flexibility index (Phi) is 3.83. The van der Waals surface area contributed by atoms with Crippen LogP contribution in [0.25, 0.3) is 11.0 Å². The van der Waals surface area contributed by atoms with Crippen molar-refractivity contribution in [1.82, 2.24) is 19.7 Å². The summed E-state index contributed by atoms with van der Waals surface area (Å²) in [5, 5.41) is 13.4. The molecule has 0 saturated carbocycles. The molecule has 0 amide bonds. The third-order valence-electron chi connectivity index (χ3n) is 3.87. The van der Waals surface area contributed by atoms with Gasteiger partial charge in [0.25, 0.3) is 5.56 Å². The van der Waals surface area contributed by atoms with Gasteiger partial charge < -0.3 is 4.98 Å². The third kappa shape index (κ3) is 2.87. The molecule has 0 aliphatic rings. The fourth-order valence-electron chi connectivity index (χ4n) is 2.60. The van der Waals surface area contributed by atoms with Crippen LogP contribution in [-0.2, 0) is 6.18 Å². The number of hydrogen-bond acceptors (Lipinski definition) is 4. The molecule has 2 aromatic heterocycles. The maximum absolute atomic E-state index is 12.7. The molecule has 9 heteroatoms. The number of halogens is 3. The normalized spacial score (nSPS) is 13.0. The summed E-state index contributed by atoms with van der Waals surface area (Å²) in [6.45, 7) is 3.29. The van der Waals surface area contributed by atoms with Crippen molar-refractivity contribution in [1.29, 1.82) is 5.26 Å². The summed E-state index contributed by atoms with van der Waals surface area (Å²) in [6.07, 6.45) is -4.42. The maximum Gasteiger partial charge on any atom is 0.416 e. The molecular weight excluding hydrogens is 335 g/mol. The molecule has 1 N–H and O–H groups in total. The van der Waals surface area contributed by atoms with Gasteiger partial charge in [0.15, 0.2) is 11.3 Å². The van der Waals surface area contributed by atoms with E-state index in [0.29, 0.717) is 11.4 Å². The van der Waals surface area contributed by atoms with Gasteiger partial charge in [-0.3, -0.25) is 4.79 Å². The number of nitrogens with one attached hydrogen (secondary N) is 1.